The lowest BCUT2D eigenvalue weighted by molar-refractivity contribution is 0.443. The van der Waals surface area contributed by atoms with Crippen LogP contribution in [0.2, 0.25) is 0 Å². The van der Waals surface area contributed by atoms with E-state index in [1.54, 1.807) is 26.0 Å². The van der Waals surface area contributed by atoms with Gasteiger partial charge in [0.1, 0.15) is 10.7 Å². The molecule has 8 nitrogen and oxygen atoms in total. The average molecular weight is 467 g/mol. The summed E-state index contributed by atoms with van der Waals surface area (Å²) in [6, 6.07) is 9.81. The number of hydrogen-bond acceptors (Lipinski definition) is 6. The Labute approximate surface area is 185 Å². The number of sulfonamides is 2. The van der Waals surface area contributed by atoms with Crippen LogP contribution in [0.25, 0.3) is 0 Å². The molecule has 31 heavy (non-hydrogen) atoms. The molecule has 1 fully saturated rings. The summed E-state index contributed by atoms with van der Waals surface area (Å²) in [5, 5.41) is 0. The molecule has 1 saturated carbocycles. The molecule has 0 atom stereocenters. The lowest BCUT2D eigenvalue weighted by Gasteiger charge is -2.22. The largest absolute Gasteiger partial charge is 0.292 e. The van der Waals surface area contributed by atoms with E-state index in [1.165, 1.54) is 47.5 Å². The predicted octanol–water partition coefficient (Wildman–Crippen LogP) is 3.47. The van der Waals surface area contributed by atoms with E-state index in [1.807, 2.05) is 12.1 Å². The zero-order valence-electron chi connectivity index (χ0n) is 17.9. The first-order valence-corrected chi connectivity index (χ1v) is 13.5. The summed E-state index contributed by atoms with van der Waals surface area (Å²) in [5.41, 5.74) is 3.72. The Hall–Kier alpha value is -2.01. The van der Waals surface area contributed by atoms with Crippen molar-refractivity contribution in [2.45, 2.75) is 61.7 Å². The molecule has 0 amide bonds. The molecule has 1 aliphatic rings. The number of hydrazine groups is 1. The van der Waals surface area contributed by atoms with Gasteiger partial charge in [-0.3, -0.25) is 5.43 Å². The summed E-state index contributed by atoms with van der Waals surface area (Å²) >= 11 is 0. The van der Waals surface area contributed by atoms with E-state index in [9.17, 15) is 16.8 Å². The second-order valence-corrected chi connectivity index (χ2v) is 11.2. The number of rotatable bonds is 9. The van der Waals surface area contributed by atoms with Crippen molar-refractivity contribution in [3.8, 4) is 0 Å². The number of hydrogen-bond donors (Lipinski definition) is 2. The van der Waals surface area contributed by atoms with Crippen molar-refractivity contribution in [1.82, 2.24) is 14.1 Å². The van der Waals surface area contributed by atoms with Crippen molar-refractivity contribution < 1.29 is 16.8 Å². The van der Waals surface area contributed by atoms with E-state index in [-0.39, 0.29) is 15.6 Å². The minimum absolute atomic E-state index is 0.0582. The maximum Gasteiger partial charge on any atom is 0.257 e. The first-order valence-electron chi connectivity index (χ1n) is 10.6. The van der Waals surface area contributed by atoms with Gasteiger partial charge in [-0.05, 0) is 48.6 Å². The molecule has 1 aromatic carbocycles. The lowest BCUT2D eigenvalue weighted by atomic mass is 9.84. The topological polar surface area (TPSA) is 108 Å². The Balaban J connectivity index is 1.65. The van der Waals surface area contributed by atoms with Crippen molar-refractivity contribution >= 4 is 25.9 Å². The molecule has 0 bridgehead atoms. The molecule has 0 unspecified atom stereocenters. The molecular weight excluding hydrogens is 436 g/mol. The van der Waals surface area contributed by atoms with Crippen LogP contribution in [-0.2, 0) is 20.0 Å². The zero-order valence-corrected chi connectivity index (χ0v) is 19.5. The Morgan fingerprint density at radius 3 is 2.06 bits per heavy atom. The highest BCUT2D eigenvalue weighted by atomic mass is 32.2. The van der Waals surface area contributed by atoms with E-state index < -0.39 is 20.0 Å². The van der Waals surface area contributed by atoms with Crippen LogP contribution in [-0.4, -0.2) is 39.2 Å². The van der Waals surface area contributed by atoms with Crippen LogP contribution in [0.3, 0.4) is 0 Å². The third kappa shape index (κ3) is 5.62. The molecule has 170 valence electrons. The van der Waals surface area contributed by atoms with Crippen molar-refractivity contribution in [3.63, 3.8) is 0 Å². The maximum atomic E-state index is 12.6. The van der Waals surface area contributed by atoms with Gasteiger partial charge in [0, 0.05) is 19.3 Å². The van der Waals surface area contributed by atoms with Gasteiger partial charge in [0.05, 0.1) is 4.90 Å². The predicted molar refractivity (Wildman–Crippen MR) is 121 cm³/mol. The standard InChI is InChI=1S/C21H30N4O4S2/c1-3-25(4-2)31(28,29)20-14-15-21(22-16-20)23-24-30(26,27)19-12-10-18(11-13-19)17-8-6-5-7-9-17/h10-17,24H,3-9H2,1-2H3,(H,22,23). The summed E-state index contributed by atoms with van der Waals surface area (Å²) in [4.78, 5) is 6.53. The Bertz CT molecular complexity index is 1060. The van der Waals surface area contributed by atoms with Gasteiger partial charge in [0.15, 0.2) is 0 Å². The quantitative estimate of drug-likeness (QED) is 0.548. The number of benzene rings is 1. The molecule has 1 heterocycles. The number of pyridine rings is 1. The molecular formula is C21H30N4O4S2. The Morgan fingerprint density at radius 1 is 0.903 bits per heavy atom. The third-order valence-corrected chi connectivity index (χ3v) is 8.96. The fraction of sp³-hybridized carbons (Fsp3) is 0.476. The van der Waals surface area contributed by atoms with Gasteiger partial charge in [-0.2, -0.15) is 4.31 Å². The van der Waals surface area contributed by atoms with Crippen LogP contribution in [0.1, 0.15) is 57.4 Å². The van der Waals surface area contributed by atoms with Gasteiger partial charge in [-0.1, -0.05) is 45.2 Å². The first-order chi connectivity index (χ1) is 14.8. The van der Waals surface area contributed by atoms with Crippen LogP contribution in [0.5, 0.6) is 0 Å². The molecule has 2 aromatic rings. The fourth-order valence-electron chi connectivity index (χ4n) is 3.85. The lowest BCUT2D eigenvalue weighted by Crippen LogP contribution is -2.31. The number of aromatic nitrogens is 1. The van der Waals surface area contributed by atoms with E-state index >= 15 is 0 Å². The minimum atomic E-state index is -3.79. The van der Waals surface area contributed by atoms with Gasteiger partial charge >= 0.3 is 0 Å². The monoisotopic (exact) mass is 466 g/mol. The van der Waals surface area contributed by atoms with Gasteiger partial charge in [0.2, 0.25) is 10.0 Å². The molecule has 0 radical (unpaired) electrons. The number of nitrogens with zero attached hydrogens (tertiary/aromatic N) is 2. The zero-order chi connectivity index (χ0) is 22.5. The van der Waals surface area contributed by atoms with Gasteiger partial charge in [0.25, 0.3) is 10.0 Å². The first kappa shape index (κ1) is 23.6. The second-order valence-electron chi connectivity index (χ2n) is 7.60. The second kappa shape index (κ2) is 10.1. The molecule has 3 rings (SSSR count). The van der Waals surface area contributed by atoms with Crippen LogP contribution >= 0.6 is 0 Å². The van der Waals surface area contributed by atoms with E-state index in [4.69, 9.17) is 0 Å². The summed E-state index contributed by atoms with van der Waals surface area (Å²) < 4.78 is 51.5. The molecule has 2 N–H and O–H groups in total. The Kier molecular flexibility index (Phi) is 7.68. The Morgan fingerprint density at radius 2 is 1.52 bits per heavy atom. The smallest absolute Gasteiger partial charge is 0.257 e. The summed E-state index contributed by atoms with van der Waals surface area (Å²) in [5.74, 6) is 0.702. The highest BCUT2D eigenvalue weighted by Crippen LogP contribution is 2.32. The van der Waals surface area contributed by atoms with Gasteiger partial charge < -0.3 is 0 Å². The van der Waals surface area contributed by atoms with Gasteiger partial charge in [-0.25, -0.2) is 21.8 Å². The van der Waals surface area contributed by atoms with Crippen molar-refractivity contribution in [2.75, 3.05) is 18.5 Å². The molecule has 1 aliphatic carbocycles. The maximum absolute atomic E-state index is 12.6. The fourth-order valence-corrected chi connectivity index (χ4v) is 6.11. The molecule has 10 heteroatoms. The number of anilines is 1. The van der Waals surface area contributed by atoms with E-state index in [0.29, 0.717) is 19.0 Å². The summed E-state index contributed by atoms with van der Waals surface area (Å²) in [6.45, 7) is 4.25. The number of nitrogens with one attached hydrogen (secondary N) is 2. The molecule has 0 saturated heterocycles. The SMILES string of the molecule is CCN(CC)S(=O)(=O)c1ccc(NNS(=O)(=O)c2ccc(C3CCCCC3)cc2)nc1. The average Bonchev–Trinajstić information content (AvgIpc) is 2.79. The van der Waals surface area contributed by atoms with Crippen molar-refractivity contribution in [3.05, 3.63) is 48.2 Å². The van der Waals surface area contributed by atoms with Crippen LogP contribution < -0.4 is 10.3 Å². The molecule has 0 spiro atoms. The highest BCUT2D eigenvalue weighted by molar-refractivity contribution is 7.89. The highest BCUT2D eigenvalue weighted by Gasteiger charge is 2.22. The van der Waals surface area contributed by atoms with Gasteiger partial charge in [-0.15, -0.1) is 4.83 Å². The summed E-state index contributed by atoms with van der Waals surface area (Å²) in [7, 11) is -7.41. The minimum Gasteiger partial charge on any atom is -0.292 e. The van der Waals surface area contributed by atoms with Crippen LogP contribution in [0, 0.1) is 0 Å². The normalized spacial score (nSPS) is 15.8. The van der Waals surface area contributed by atoms with Crippen molar-refractivity contribution in [1.29, 1.82) is 0 Å². The van der Waals surface area contributed by atoms with Crippen LogP contribution in [0.4, 0.5) is 5.82 Å². The molecule has 0 aliphatic heterocycles. The third-order valence-electron chi connectivity index (χ3n) is 5.66. The molecule has 1 aromatic heterocycles. The summed E-state index contributed by atoms with van der Waals surface area (Å²) in [6.07, 6.45) is 7.23. The van der Waals surface area contributed by atoms with Crippen LogP contribution in [0.15, 0.2) is 52.4 Å². The van der Waals surface area contributed by atoms with Crippen molar-refractivity contribution in [2.24, 2.45) is 0 Å². The van der Waals surface area contributed by atoms with E-state index in [2.05, 4.69) is 15.2 Å². The van der Waals surface area contributed by atoms with E-state index in [0.717, 1.165) is 12.8 Å².